The van der Waals surface area contributed by atoms with Crippen molar-refractivity contribution in [2.75, 3.05) is 26.7 Å². The lowest BCUT2D eigenvalue weighted by molar-refractivity contribution is -0.125. The molecule has 1 spiro atoms. The molecule has 1 N–H and O–H groups in total. The SMILES string of the molecule is CNC(=O)C(CCC=O)N1Cc2c(ccc3c2OCC32CCN(Cc3ccc4ncccc4c3)CC2)C1=O. The van der Waals surface area contributed by atoms with Crippen molar-refractivity contribution in [3.05, 3.63) is 70.9 Å². The Morgan fingerprint density at radius 3 is 2.84 bits per heavy atom. The number of hydrogen-bond acceptors (Lipinski definition) is 6. The Kier molecular flexibility index (Phi) is 6.35. The number of rotatable bonds is 7. The lowest BCUT2D eigenvalue weighted by atomic mass is 9.74. The van der Waals surface area contributed by atoms with Crippen molar-refractivity contribution >= 4 is 29.0 Å². The number of carbonyl (C=O) groups excluding carboxylic acids is 3. The molecule has 0 bridgehead atoms. The van der Waals surface area contributed by atoms with Gasteiger partial charge in [0.2, 0.25) is 5.91 Å². The largest absolute Gasteiger partial charge is 0.492 e. The number of fused-ring (bicyclic) bond motifs is 5. The fraction of sp³-hybridized carbons (Fsp3) is 0.400. The summed E-state index contributed by atoms with van der Waals surface area (Å²) in [6, 6.07) is 13.9. The second kappa shape index (κ2) is 9.83. The smallest absolute Gasteiger partial charge is 0.255 e. The molecule has 4 heterocycles. The van der Waals surface area contributed by atoms with Gasteiger partial charge in [-0.1, -0.05) is 18.2 Å². The molecule has 0 aliphatic carbocycles. The molecule has 3 aliphatic heterocycles. The zero-order chi connectivity index (χ0) is 26.3. The third-order valence-electron chi connectivity index (χ3n) is 8.51. The minimum absolute atomic E-state index is 0.0532. The van der Waals surface area contributed by atoms with Crippen LogP contribution in [0.25, 0.3) is 10.9 Å². The number of likely N-dealkylation sites (N-methyl/N-ethyl adjacent to an activating group) is 1. The van der Waals surface area contributed by atoms with Crippen LogP contribution in [-0.2, 0) is 28.1 Å². The lowest BCUT2D eigenvalue weighted by Crippen LogP contribution is -2.46. The van der Waals surface area contributed by atoms with Gasteiger partial charge in [0, 0.05) is 53.7 Å². The van der Waals surface area contributed by atoms with Gasteiger partial charge in [-0.05, 0) is 62.2 Å². The van der Waals surface area contributed by atoms with Crippen molar-refractivity contribution < 1.29 is 19.1 Å². The molecule has 3 aliphatic rings. The zero-order valence-corrected chi connectivity index (χ0v) is 21.6. The highest BCUT2D eigenvalue weighted by Crippen LogP contribution is 2.49. The second-order valence-electron chi connectivity index (χ2n) is 10.7. The van der Waals surface area contributed by atoms with Gasteiger partial charge >= 0.3 is 0 Å². The van der Waals surface area contributed by atoms with Crippen molar-refractivity contribution in [3.63, 3.8) is 0 Å². The standard InChI is InChI=1S/C30H32N4O4/c1-31-28(36)26(5-3-15-35)34-18-23-22(29(34)37)7-8-24-27(23)38-19-30(24)10-13-33(14-11-30)17-20-6-9-25-21(16-20)4-2-12-32-25/h2,4,6-9,12,15-16,26H,3,5,10-11,13-14,17-19H2,1H3,(H,31,36). The Morgan fingerprint density at radius 1 is 1.21 bits per heavy atom. The molecule has 2 aromatic carbocycles. The normalized spacial score (nSPS) is 18.8. The van der Waals surface area contributed by atoms with Gasteiger partial charge in [-0.3, -0.25) is 19.5 Å². The fourth-order valence-corrected chi connectivity index (χ4v) is 6.36. The number of pyridine rings is 1. The number of benzene rings is 2. The average molecular weight is 513 g/mol. The summed E-state index contributed by atoms with van der Waals surface area (Å²) in [5.41, 5.74) is 4.92. The van der Waals surface area contributed by atoms with E-state index in [1.54, 1.807) is 11.9 Å². The topological polar surface area (TPSA) is 91.8 Å². The maximum absolute atomic E-state index is 13.3. The molecule has 3 aromatic rings. The summed E-state index contributed by atoms with van der Waals surface area (Å²) in [5, 5.41) is 3.81. The maximum atomic E-state index is 13.3. The molecule has 38 heavy (non-hydrogen) atoms. The minimum Gasteiger partial charge on any atom is -0.492 e. The number of carbonyl (C=O) groups is 3. The summed E-state index contributed by atoms with van der Waals surface area (Å²) in [4.78, 5) is 45.3. The van der Waals surface area contributed by atoms with Crippen LogP contribution in [0.3, 0.4) is 0 Å². The van der Waals surface area contributed by atoms with E-state index in [1.807, 2.05) is 18.3 Å². The number of piperidine rings is 1. The fourth-order valence-electron chi connectivity index (χ4n) is 6.36. The highest BCUT2D eigenvalue weighted by atomic mass is 16.5. The Hall–Kier alpha value is -3.78. The number of likely N-dealkylation sites (tertiary alicyclic amines) is 1. The highest BCUT2D eigenvalue weighted by molar-refractivity contribution is 6.02. The number of aldehydes is 1. The summed E-state index contributed by atoms with van der Waals surface area (Å²) in [6.07, 6.45) is 5.13. The van der Waals surface area contributed by atoms with E-state index in [0.29, 0.717) is 25.1 Å². The Morgan fingerprint density at radius 2 is 2.05 bits per heavy atom. The number of nitrogens with zero attached hydrogens (tertiary/aromatic N) is 3. The van der Waals surface area contributed by atoms with Crippen LogP contribution in [0.1, 0.15) is 52.7 Å². The van der Waals surface area contributed by atoms with Crippen molar-refractivity contribution in [3.8, 4) is 5.75 Å². The van der Waals surface area contributed by atoms with Crippen molar-refractivity contribution in [2.45, 2.75) is 50.2 Å². The third kappa shape index (κ3) is 4.13. The van der Waals surface area contributed by atoms with Gasteiger partial charge < -0.3 is 19.7 Å². The predicted octanol–water partition coefficient (Wildman–Crippen LogP) is 3.21. The molecular formula is C30H32N4O4. The Balaban J connectivity index is 1.18. The number of hydrogen-bond donors (Lipinski definition) is 1. The predicted molar refractivity (Wildman–Crippen MR) is 143 cm³/mol. The van der Waals surface area contributed by atoms with Crippen LogP contribution in [-0.4, -0.2) is 65.7 Å². The number of nitrogens with one attached hydrogen (secondary N) is 1. The number of ether oxygens (including phenoxy) is 1. The summed E-state index contributed by atoms with van der Waals surface area (Å²) >= 11 is 0. The quantitative estimate of drug-likeness (QED) is 0.489. The molecule has 1 aromatic heterocycles. The molecule has 0 radical (unpaired) electrons. The van der Waals surface area contributed by atoms with Crippen molar-refractivity contribution in [2.24, 2.45) is 0 Å². The van der Waals surface area contributed by atoms with Crippen molar-refractivity contribution in [1.82, 2.24) is 20.1 Å². The van der Waals surface area contributed by atoms with Crippen LogP contribution < -0.4 is 10.1 Å². The maximum Gasteiger partial charge on any atom is 0.255 e. The highest BCUT2D eigenvalue weighted by Gasteiger charge is 2.47. The van der Waals surface area contributed by atoms with Crippen LogP contribution >= 0.6 is 0 Å². The molecular weight excluding hydrogens is 480 g/mol. The molecule has 0 saturated carbocycles. The zero-order valence-electron chi connectivity index (χ0n) is 21.6. The summed E-state index contributed by atoms with van der Waals surface area (Å²) < 4.78 is 6.32. The van der Waals surface area contributed by atoms with Gasteiger partial charge in [-0.2, -0.15) is 0 Å². The summed E-state index contributed by atoms with van der Waals surface area (Å²) in [6.45, 7) is 3.80. The van der Waals surface area contributed by atoms with E-state index in [2.05, 4.69) is 45.5 Å². The molecule has 2 amide bonds. The third-order valence-corrected chi connectivity index (χ3v) is 8.51. The van der Waals surface area contributed by atoms with E-state index in [4.69, 9.17) is 4.74 Å². The van der Waals surface area contributed by atoms with Gasteiger partial charge in [-0.25, -0.2) is 0 Å². The first kappa shape index (κ1) is 24.6. The molecule has 1 unspecified atom stereocenters. The van der Waals surface area contributed by atoms with Gasteiger partial charge in [0.05, 0.1) is 18.7 Å². The van der Waals surface area contributed by atoms with E-state index in [-0.39, 0.29) is 23.7 Å². The van der Waals surface area contributed by atoms with Gasteiger partial charge in [-0.15, -0.1) is 0 Å². The Bertz CT molecular complexity index is 1410. The summed E-state index contributed by atoms with van der Waals surface area (Å²) in [7, 11) is 1.55. The van der Waals surface area contributed by atoms with E-state index in [1.165, 1.54) is 16.5 Å². The lowest BCUT2D eigenvalue weighted by Gasteiger charge is -2.38. The molecule has 1 atom stereocenters. The van der Waals surface area contributed by atoms with Crippen LogP contribution in [0, 0.1) is 0 Å². The molecule has 1 saturated heterocycles. The molecule has 1 fully saturated rings. The summed E-state index contributed by atoms with van der Waals surface area (Å²) in [5.74, 6) is 0.393. The first-order valence-electron chi connectivity index (χ1n) is 13.3. The first-order chi connectivity index (χ1) is 18.5. The van der Waals surface area contributed by atoms with E-state index in [0.717, 1.165) is 55.6 Å². The van der Waals surface area contributed by atoms with Gasteiger partial charge in [0.25, 0.3) is 5.91 Å². The average Bonchev–Trinajstić information content (AvgIpc) is 3.48. The van der Waals surface area contributed by atoms with E-state index in [9.17, 15) is 14.4 Å². The van der Waals surface area contributed by atoms with Crippen LogP contribution in [0.5, 0.6) is 5.75 Å². The minimum atomic E-state index is -0.676. The monoisotopic (exact) mass is 512 g/mol. The Labute approximate surface area is 222 Å². The van der Waals surface area contributed by atoms with Crippen molar-refractivity contribution in [1.29, 1.82) is 0 Å². The van der Waals surface area contributed by atoms with Crippen LogP contribution in [0.15, 0.2) is 48.7 Å². The number of aromatic nitrogens is 1. The van der Waals surface area contributed by atoms with Gasteiger partial charge in [0.1, 0.15) is 18.1 Å². The van der Waals surface area contributed by atoms with E-state index < -0.39 is 6.04 Å². The van der Waals surface area contributed by atoms with Crippen LogP contribution in [0.4, 0.5) is 0 Å². The van der Waals surface area contributed by atoms with Crippen LogP contribution in [0.2, 0.25) is 0 Å². The second-order valence-corrected chi connectivity index (χ2v) is 10.7. The number of amides is 2. The molecule has 196 valence electrons. The molecule has 8 nitrogen and oxygen atoms in total. The molecule has 8 heteroatoms. The van der Waals surface area contributed by atoms with E-state index >= 15 is 0 Å². The molecule has 6 rings (SSSR count). The first-order valence-corrected chi connectivity index (χ1v) is 13.3. The van der Waals surface area contributed by atoms with Gasteiger partial charge in [0.15, 0.2) is 0 Å².